The van der Waals surface area contributed by atoms with Gasteiger partial charge in [0, 0.05) is 19.4 Å². The van der Waals surface area contributed by atoms with Crippen LogP contribution in [0.5, 0.6) is 0 Å². The third-order valence-corrected chi connectivity index (χ3v) is 10.9. The molecular formula is C46H91NO4. The molecule has 0 spiro atoms. The second kappa shape index (κ2) is 38.6. The van der Waals surface area contributed by atoms with Gasteiger partial charge in [0.15, 0.2) is 0 Å². The molecule has 0 aliphatic carbocycles. The lowest BCUT2D eigenvalue weighted by molar-refractivity contribution is -0.146. The molecule has 5 nitrogen and oxygen atoms in total. The Morgan fingerprint density at radius 2 is 0.667 bits per heavy atom. The molecule has 5 heteroatoms. The van der Waals surface area contributed by atoms with Crippen molar-refractivity contribution in [3.05, 3.63) is 0 Å². The Morgan fingerprint density at radius 1 is 0.392 bits per heavy atom. The SMILES string of the molecule is CCCCC(CCCC)CC(=O)OCCCCCCCCCCC(CCCCCCCCCCOC(=O)CC(CCCC)CCCC)CN(C)C. The molecule has 0 saturated carbocycles. The second-order valence-corrected chi connectivity index (χ2v) is 16.5. The maximum atomic E-state index is 12.3. The Kier molecular flexibility index (Phi) is 37.8. The maximum absolute atomic E-state index is 12.3. The van der Waals surface area contributed by atoms with Crippen LogP contribution in [0.25, 0.3) is 0 Å². The second-order valence-electron chi connectivity index (χ2n) is 16.5. The highest BCUT2D eigenvalue weighted by molar-refractivity contribution is 5.70. The van der Waals surface area contributed by atoms with Crippen molar-refractivity contribution in [2.75, 3.05) is 33.9 Å². The summed E-state index contributed by atoms with van der Waals surface area (Å²) in [5.74, 6) is 1.94. The molecule has 51 heavy (non-hydrogen) atoms. The quantitative estimate of drug-likeness (QED) is 0.0466. The zero-order valence-corrected chi connectivity index (χ0v) is 35.6. The summed E-state index contributed by atoms with van der Waals surface area (Å²) >= 11 is 0. The molecule has 0 saturated heterocycles. The molecule has 0 fully saturated rings. The van der Waals surface area contributed by atoms with Crippen molar-refractivity contribution in [1.82, 2.24) is 4.90 Å². The van der Waals surface area contributed by atoms with Crippen molar-refractivity contribution in [1.29, 1.82) is 0 Å². The van der Waals surface area contributed by atoms with Crippen LogP contribution in [-0.4, -0.2) is 50.7 Å². The van der Waals surface area contributed by atoms with Crippen molar-refractivity contribution >= 4 is 11.9 Å². The van der Waals surface area contributed by atoms with Gasteiger partial charge in [-0.3, -0.25) is 9.59 Å². The van der Waals surface area contributed by atoms with Crippen molar-refractivity contribution in [3.8, 4) is 0 Å². The van der Waals surface area contributed by atoms with Gasteiger partial charge in [-0.25, -0.2) is 0 Å². The summed E-state index contributed by atoms with van der Waals surface area (Å²) in [6.07, 6.45) is 38.9. The highest BCUT2D eigenvalue weighted by atomic mass is 16.5. The number of hydrogen-bond acceptors (Lipinski definition) is 5. The molecular weight excluding hydrogens is 631 g/mol. The summed E-state index contributed by atoms with van der Waals surface area (Å²) in [6.45, 7) is 11.4. The van der Waals surface area contributed by atoms with E-state index in [1.54, 1.807) is 0 Å². The lowest BCUT2D eigenvalue weighted by Crippen LogP contribution is -2.21. The van der Waals surface area contributed by atoms with Gasteiger partial charge >= 0.3 is 11.9 Å². The number of hydrogen-bond donors (Lipinski definition) is 0. The Morgan fingerprint density at radius 3 is 0.961 bits per heavy atom. The molecule has 0 aromatic rings. The molecule has 0 unspecified atom stereocenters. The van der Waals surface area contributed by atoms with E-state index in [9.17, 15) is 9.59 Å². The number of rotatable bonds is 40. The highest BCUT2D eigenvalue weighted by Gasteiger charge is 2.16. The minimum atomic E-state index is 0.0301. The average Bonchev–Trinajstić information content (AvgIpc) is 3.11. The molecule has 304 valence electrons. The smallest absolute Gasteiger partial charge is 0.306 e. The fourth-order valence-electron chi connectivity index (χ4n) is 7.66. The molecule has 0 aliphatic heterocycles. The van der Waals surface area contributed by atoms with Gasteiger partial charge in [0.1, 0.15) is 0 Å². The average molecular weight is 722 g/mol. The number of esters is 2. The van der Waals surface area contributed by atoms with Crippen LogP contribution in [0.1, 0.15) is 233 Å². The minimum absolute atomic E-state index is 0.0301. The van der Waals surface area contributed by atoms with Gasteiger partial charge in [-0.15, -0.1) is 0 Å². The van der Waals surface area contributed by atoms with E-state index >= 15 is 0 Å². The topological polar surface area (TPSA) is 55.8 Å². The van der Waals surface area contributed by atoms with E-state index in [-0.39, 0.29) is 11.9 Å². The summed E-state index contributed by atoms with van der Waals surface area (Å²) in [6, 6.07) is 0. The van der Waals surface area contributed by atoms with E-state index in [0.717, 1.165) is 18.8 Å². The van der Waals surface area contributed by atoms with E-state index in [4.69, 9.17) is 9.47 Å². The van der Waals surface area contributed by atoms with E-state index < -0.39 is 0 Å². The molecule has 0 N–H and O–H groups in total. The number of carbonyl (C=O) groups is 2. The first-order chi connectivity index (χ1) is 24.9. The largest absolute Gasteiger partial charge is 0.466 e. The lowest BCUT2D eigenvalue weighted by Gasteiger charge is -2.21. The Bertz CT molecular complexity index is 669. The van der Waals surface area contributed by atoms with Gasteiger partial charge in [-0.05, 0) is 83.2 Å². The van der Waals surface area contributed by atoms with Crippen LogP contribution in [0.4, 0.5) is 0 Å². The number of nitrogens with zero attached hydrogens (tertiary/aromatic N) is 1. The molecule has 0 bridgehead atoms. The summed E-state index contributed by atoms with van der Waals surface area (Å²) in [4.78, 5) is 27.0. The predicted octanol–water partition coefficient (Wildman–Crippen LogP) is 14.0. The standard InChI is InChI=1S/C46H91NO4/c1-7-11-31-42(32-12-8-2)39-45(48)50-37-29-25-21-17-15-19-23-27-35-44(41-47(5)6)36-28-24-20-16-18-22-26-30-38-51-46(49)40-43(33-13-9-3)34-14-10-4/h42-44H,7-41H2,1-6H3. The number of ether oxygens (including phenoxy) is 2. The van der Waals surface area contributed by atoms with E-state index in [1.807, 2.05) is 0 Å². The zero-order chi connectivity index (χ0) is 37.6. The van der Waals surface area contributed by atoms with Crippen LogP contribution in [0, 0.1) is 17.8 Å². The van der Waals surface area contributed by atoms with Crippen LogP contribution in [0.2, 0.25) is 0 Å². The first kappa shape index (κ1) is 49.9. The number of unbranched alkanes of at least 4 members (excludes halogenated alkanes) is 18. The van der Waals surface area contributed by atoms with Crippen molar-refractivity contribution < 1.29 is 19.1 Å². The first-order valence-electron chi connectivity index (χ1n) is 22.8. The molecule has 0 radical (unpaired) electrons. The third kappa shape index (κ3) is 35.7. The molecule has 0 heterocycles. The van der Waals surface area contributed by atoms with E-state index in [0.29, 0.717) is 37.9 Å². The molecule has 0 amide bonds. The lowest BCUT2D eigenvalue weighted by atomic mass is 9.93. The summed E-state index contributed by atoms with van der Waals surface area (Å²) in [5, 5.41) is 0. The molecule has 0 aromatic carbocycles. The Hall–Kier alpha value is -1.10. The van der Waals surface area contributed by atoms with Crippen molar-refractivity contribution in [3.63, 3.8) is 0 Å². The first-order valence-corrected chi connectivity index (χ1v) is 22.8. The summed E-state index contributed by atoms with van der Waals surface area (Å²) in [7, 11) is 4.45. The van der Waals surface area contributed by atoms with Crippen LogP contribution in [0.3, 0.4) is 0 Å². The maximum Gasteiger partial charge on any atom is 0.306 e. The Balaban J connectivity index is 3.79. The molecule has 0 aliphatic rings. The van der Waals surface area contributed by atoms with E-state index in [2.05, 4.69) is 46.7 Å². The van der Waals surface area contributed by atoms with Crippen LogP contribution >= 0.6 is 0 Å². The van der Waals surface area contributed by atoms with Crippen LogP contribution in [-0.2, 0) is 19.1 Å². The van der Waals surface area contributed by atoms with Gasteiger partial charge in [-0.2, -0.15) is 0 Å². The zero-order valence-electron chi connectivity index (χ0n) is 35.6. The van der Waals surface area contributed by atoms with Crippen LogP contribution in [0.15, 0.2) is 0 Å². The van der Waals surface area contributed by atoms with Gasteiger partial charge in [0.05, 0.1) is 13.2 Å². The monoisotopic (exact) mass is 722 g/mol. The van der Waals surface area contributed by atoms with E-state index in [1.165, 1.54) is 186 Å². The van der Waals surface area contributed by atoms with Crippen LogP contribution < -0.4 is 0 Å². The highest BCUT2D eigenvalue weighted by Crippen LogP contribution is 2.23. The minimum Gasteiger partial charge on any atom is -0.466 e. The third-order valence-electron chi connectivity index (χ3n) is 10.9. The summed E-state index contributed by atoms with van der Waals surface area (Å²) in [5.41, 5.74) is 0. The van der Waals surface area contributed by atoms with Crippen molar-refractivity contribution in [2.24, 2.45) is 17.8 Å². The summed E-state index contributed by atoms with van der Waals surface area (Å²) < 4.78 is 11.2. The van der Waals surface area contributed by atoms with Gasteiger partial charge in [-0.1, -0.05) is 169 Å². The van der Waals surface area contributed by atoms with Gasteiger partial charge < -0.3 is 14.4 Å². The normalized spacial score (nSPS) is 11.8. The Labute approximate surface area is 319 Å². The van der Waals surface area contributed by atoms with Crippen molar-refractivity contribution in [2.45, 2.75) is 233 Å². The predicted molar refractivity (Wildman–Crippen MR) is 221 cm³/mol. The fraction of sp³-hybridized carbons (Fsp3) is 0.957. The molecule has 0 aromatic heterocycles. The molecule has 0 atom stereocenters. The fourth-order valence-corrected chi connectivity index (χ4v) is 7.66. The molecule has 0 rings (SSSR count). The van der Waals surface area contributed by atoms with Gasteiger partial charge in [0.25, 0.3) is 0 Å². The van der Waals surface area contributed by atoms with Gasteiger partial charge in [0.2, 0.25) is 0 Å². The number of carbonyl (C=O) groups excluding carboxylic acids is 2.